The molecular formula is C20H23N3O. The summed E-state index contributed by atoms with van der Waals surface area (Å²) in [6.45, 7) is 7.87. The number of benzene rings is 1. The normalized spacial score (nSPS) is 14.7. The van der Waals surface area contributed by atoms with Crippen molar-refractivity contribution in [2.45, 2.75) is 39.8 Å². The molecule has 0 saturated carbocycles. The number of H-pyrrole nitrogens is 1. The van der Waals surface area contributed by atoms with E-state index in [0.717, 1.165) is 29.6 Å². The molecule has 0 saturated heterocycles. The van der Waals surface area contributed by atoms with Crippen LogP contribution in [-0.2, 0) is 13.0 Å². The third-order valence-corrected chi connectivity index (χ3v) is 5.06. The molecule has 1 aromatic carbocycles. The summed E-state index contributed by atoms with van der Waals surface area (Å²) in [6.07, 6.45) is 2.85. The number of aryl methyl sites for hydroxylation is 1. The standard InChI is InChI=1S/C20H23N3O/c1-13(2)23-17-7-5-4-6-15(17)19-18(23)9-11-22(20(19)24)12-16-14(3)8-10-21-16/h4-8,10,13,21H,9,11-12H2,1-3H3. The molecule has 1 amide bonds. The molecule has 3 aromatic rings. The van der Waals surface area contributed by atoms with Crippen molar-refractivity contribution in [2.24, 2.45) is 0 Å². The van der Waals surface area contributed by atoms with Crippen molar-refractivity contribution < 1.29 is 4.79 Å². The number of rotatable bonds is 3. The van der Waals surface area contributed by atoms with Gasteiger partial charge in [-0.15, -0.1) is 0 Å². The first-order valence-electron chi connectivity index (χ1n) is 8.62. The molecule has 0 bridgehead atoms. The van der Waals surface area contributed by atoms with Gasteiger partial charge in [-0.25, -0.2) is 0 Å². The largest absolute Gasteiger partial charge is 0.363 e. The van der Waals surface area contributed by atoms with Crippen LogP contribution >= 0.6 is 0 Å². The second-order valence-electron chi connectivity index (χ2n) is 6.92. The Labute approximate surface area is 142 Å². The van der Waals surface area contributed by atoms with Gasteiger partial charge in [-0.05, 0) is 38.5 Å². The van der Waals surface area contributed by atoms with E-state index >= 15 is 0 Å². The summed E-state index contributed by atoms with van der Waals surface area (Å²) in [5.41, 5.74) is 5.59. The lowest BCUT2D eigenvalue weighted by molar-refractivity contribution is 0.0724. The fourth-order valence-electron chi connectivity index (χ4n) is 3.88. The summed E-state index contributed by atoms with van der Waals surface area (Å²) in [5.74, 6) is 0.154. The van der Waals surface area contributed by atoms with E-state index in [-0.39, 0.29) is 5.91 Å². The number of para-hydroxylation sites is 1. The Hall–Kier alpha value is -2.49. The minimum atomic E-state index is 0.154. The van der Waals surface area contributed by atoms with Crippen LogP contribution in [0.1, 0.15) is 47.2 Å². The van der Waals surface area contributed by atoms with Gasteiger partial charge >= 0.3 is 0 Å². The Morgan fingerprint density at radius 2 is 2.00 bits per heavy atom. The lowest BCUT2D eigenvalue weighted by atomic mass is 10.0. The monoisotopic (exact) mass is 321 g/mol. The lowest BCUT2D eigenvalue weighted by Crippen LogP contribution is -2.37. The van der Waals surface area contributed by atoms with Crippen molar-refractivity contribution in [1.29, 1.82) is 0 Å². The summed E-state index contributed by atoms with van der Waals surface area (Å²) in [6, 6.07) is 10.7. The van der Waals surface area contributed by atoms with Crippen LogP contribution in [0.5, 0.6) is 0 Å². The van der Waals surface area contributed by atoms with Crippen LogP contribution in [-0.4, -0.2) is 26.9 Å². The number of carbonyl (C=O) groups is 1. The van der Waals surface area contributed by atoms with E-state index in [0.29, 0.717) is 12.6 Å². The summed E-state index contributed by atoms with van der Waals surface area (Å²) >= 11 is 0. The van der Waals surface area contributed by atoms with Crippen LogP contribution in [0.2, 0.25) is 0 Å². The van der Waals surface area contributed by atoms with Gasteiger partial charge < -0.3 is 14.5 Å². The SMILES string of the molecule is Cc1cc[nH]c1CN1CCc2c(c3ccccc3n2C(C)C)C1=O. The molecule has 124 valence electrons. The van der Waals surface area contributed by atoms with Crippen LogP contribution in [0.3, 0.4) is 0 Å². The van der Waals surface area contributed by atoms with E-state index < -0.39 is 0 Å². The average molecular weight is 321 g/mol. The number of hydrogen-bond acceptors (Lipinski definition) is 1. The quantitative estimate of drug-likeness (QED) is 0.776. The molecular weight excluding hydrogens is 298 g/mol. The Morgan fingerprint density at radius 3 is 2.71 bits per heavy atom. The fraction of sp³-hybridized carbons (Fsp3) is 0.350. The Bertz CT molecular complexity index is 916. The molecule has 2 aromatic heterocycles. The zero-order valence-electron chi connectivity index (χ0n) is 14.5. The maximum Gasteiger partial charge on any atom is 0.256 e. The number of nitrogens with zero attached hydrogens (tertiary/aromatic N) is 2. The number of aromatic nitrogens is 2. The Balaban J connectivity index is 1.80. The summed E-state index contributed by atoms with van der Waals surface area (Å²) in [7, 11) is 0. The van der Waals surface area contributed by atoms with Gasteiger partial charge in [0.1, 0.15) is 0 Å². The van der Waals surface area contributed by atoms with E-state index in [1.54, 1.807) is 0 Å². The fourth-order valence-corrected chi connectivity index (χ4v) is 3.88. The molecule has 1 aliphatic heterocycles. The first-order valence-corrected chi connectivity index (χ1v) is 8.62. The van der Waals surface area contributed by atoms with Crippen molar-refractivity contribution in [1.82, 2.24) is 14.5 Å². The van der Waals surface area contributed by atoms with Crippen molar-refractivity contribution in [2.75, 3.05) is 6.54 Å². The van der Waals surface area contributed by atoms with Crippen LogP contribution in [0.15, 0.2) is 36.5 Å². The van der Waals surface area contributed by atoms with Crippen molar-refractivity contribution in [3.8, 4) is 0 Å². The number of amides is 1. The van der Waals surface area contributed by atoms with Crippen molar-refractivity contribution in [3.05, 3.63) is 59.0 Å². The average Bonchev–Trinajstić information content (AvgIpc) is 3.11. The highest BCUT2D eigenvalue weighted by Crippen LogP contribution is 2.33. The van der Waals surface area contributed by atoms with E-state index in [2.05, 4.69) is 54.6 Å². The van der Waals surface area contributed by atoms with E-state index in [9.17, 15) is 4.79 Å². The second kappa shape index (κ2) is 5.55. The molecule has 3 heterocycles. The molecule has 0 radical (unpaired) electrons. The molecule has 1 N–H and O–H groups in total. The summed E-state index contributed by atoms with van der Waals surface area (Å²) < 4.78 is 2.33. The molecule has 0 aliphatic carbocycles. The van der Waals surface area contributed by atoms with Crippen LogP contribution in [0.25, 0.3) is 10.9 Å². The predicted octanol–water partition coefficient (Wildman–Crippen LogP) is 4.06. The van der Waals surface area contributed by atoms with Gasteiger partial charge in [-0.2, -0.15) is 0 Å². The number of hydrogen-bond donors (Lipinski definition) is 1. The number of aromatic amines is 1. The zero-order chi connectivity index (χ0) is 16.8. The Kier molecular flexibility index (Phi) is 3.48. The van der Waals surface area contributed by atoms with Gasteiger partial charge in [0.2, 0.25) is 0 Å². The molecule has 0 spiro atoms. The molecule has 0 unspecified atom stereocenters. The number of nitrogens with one attached hydrogen (secondary N) is 1. The number of carbonyl (C=O) groups excluding carboxylic acids is 1. The van der Waals surface area contributed by atoms with E-state index in [1.807, 2.05) is 17.2 Å². The highest BCUT2D eigenvalue weighted by molar-refractivity contribution is 6.09. The molecule has 0 atom stereocenters. The first kappa shape index (κ1) is 15.1. The van der Waals surface area contributed by atoms with Gasteiger partial charge in [0.15, 0.2) is 0 Å². The van der Waals surface area contributed by atoms with Gasteiger partial charge in [0, 0.05) is 47.5 Å². The maximum atomic E-state index is 13.2. The smallest absolute Gasteiger partial charge is 0.256 e. The highest BCUT2D eigenvalue weighted by atomic mass is 16.2. The molecule has 4 heteroatoms. The molecule has 1 aliphatic rings. The van der Waals surface area contributed by atoms with Crippen LogP contribution in [0, 0.1) is 6.92 Å². The minimum Gasteiger partial charge on any atom is -0.363 e. The van der Waals surface area contributed by atoms with Gasteiger partial charge in [0.05, 0.1) is 12.1 Å². The number of fused-ring (bicyclic) bond motifs is 3. The van der Waals surface area contributed by atoms with Gasteiger partial charge in [0.25, 0.3) is 5.91 Å². The van der Waals surface area contributed by atoms with E-state index in [4.69, 9.17) is 0 Å². The first-order chi connectivity index (χ1) is 11.6. The topological polar surface area (TPSA) is 41.0 Å². The van der Waals surface area contributed by atoms with Gasteiger partial charge in [-0.3, -0.25) is 4.79 Å². The highest BCUT2D eigenvalue weighted by Gasteiger charge is 2.31. The molecule has 0 fully saturated rings. The summed E-state index contributed by atoms with van der Waals surface area (Å²) in [5, 5.41) is 1.08. The van der Waals surface area contributed by atoms with Crippen molar-refractivity contribution in [3.63, 3.8) is 0 Å². The minimum absolute atomic E-state index is 0.154. The Morgan fingerprint density at radius 1 is 1.21 bits per heavy atom. The zero-order valence-corrected chi connectivity index (χ0v) is 14.5. The molecule has 4 nitrogen and oxygen atoms in total. The van der Waals surface area contributed by atoms with E-state index in [1.165, 1.54) is 16.8 Å². The third-order valence-electron chi connectivity index (χ3n) is 5.06. The summed E-state index contributed by atoms with van der Waals surface area (Å²) in [4.78, 5) is 18.4. The van der Waals surface area contributed by atoms with Crippen LogP contribution in [0.4, 0.5) is 0 Å². The second-order valence-corrected chi connectivity index (χ2v) is 6.92. The maximum absolute atomic E-state index is 13.2. The van der Waals surface area contributed by atoms with Crippen LogP contribution < -0.4 is 0 Å². The third kappa shape index (κ3) is 2.17. The lowest BCUT2D eigenvalue weighted by Gasteiger charge is -2.28. The molecule has 24 heavy (non-hydrogen) atoms. The van der Waals surface area contributed by atoms with Crippen molar-refractivity contribution >= 4 is 16.8 Å². The van der Waals surface area contributed by atoms with Gasteiger partial charge in [-0.1, -0.05) is 18.2 Å². The molecule has 4 rings (SSSR count). The predicted molar refractivity (Wildman–Crippen MR) is 96.3 cm³/mol.